The van der Waals surface area contributed by atoms with Crippen molar-refractivity contribution in [2.45, 2.75) is 13.5 Å². The van der Waals surface area contributed by atoms with Crippen molar-refractivity contribution in [3.05, 3.63) is 46.0 Å². The van der Waals surface area contributed by atoms with Gasteiger partial charge < -0.3 is 15.3 Å². The van der Waals surface area contributed by atoms with Crippen LogP contribution in [0.3, 0.4) is 0 Å². The predicted octanol–water partition coefficient (Wildman–Crippen LogP) is 1.46. The first-order valence-corrected chi connectivity index (χ1v) is 5.96. The first-order chi connectivity index (χ1) is 9.82. The quantitative estimate of drug-likeness (QED) is 0.795. The van der Waals surface area contributed by atoms with E-state index in [1.54, 1.807) is 0 Å². The summed E-state index contributed by atoms with van der Waals surface area (Å²) in [6.45, 7) is 0.574. The van der Waals surface area contributed by atoms with Crippen LogP contribution in [0.25, 0.3) is 11.3 Å². The number of aromatic nitrogens is 1. The number of hydrogen-bond acceptors (Lipinski definition) is 4. The molecule has 110 valence electrons. The number of hydrogen-bond donors (Lipinski definition) is 3. The fraction of sp³-hybridized carbons (Fsp3) is 0.143. The number of pyridine rings is 1. The standard InChI is InChI=1S/C14H12FNO5/c1-7-12(19)13(20)11(8-2-4-9(15)5-3-8)16(14(7)21)6-10(17)18/h2-5,19-20H,6H2,1H3,(H,17,18). The Labute approximate surface area is 118 Å². The number of nitrogens with zero attached hydrogens (tertiary/aromatic N) is 1. The summed E-state index contributed by atoms with van der Waals surface area (Å²) in [4.78, 5) is 23.0. The van der Waals surface area contributed by atoms with Gasteiger partial charge in [-0.15, -0.1) is 0 Å². The van der Waals surface area contributed by atoms with Crippen molar-refractivity contribution in [2.24, 2.45) is 0 Å². The van der Waals surface area contributed by atoms with Crippen LogP contribution in [0.4, 0.5) is 4.39 Å². The van der Waals surface area contributed by atoms with Gasteiger partial charge in [0.05, 0.1) is 11.3 Å². The number of aliphatic carboxylic acids is 1. The Morgan fingerprint density at radius 3 is 2.29 bits per heavy atom. The second-order valence-electron chi connectivity index (χ2n) is 4.46. The maximum Gasteiger partial charge on any atom is 0.323 e. The third-order valence-electron chi connectivity index (χ3n) is 3.05. The van der Waals surface area contributed by atoms with Gasteiger partial charge in [-0.05, 0) is 31.2 Å². The van der Waals surface area contributed by atoms with Crippen molar-refractivity contribution in [3.8, 4) is 22.8 Å². The minimum Gasteiger partial charge on any atom is -0.504 e. The first-order valence-electron chi connectivity index (χ1n) is 5.96. The van der Waals surface area contributed by atoms with Crippen LogP contribution >= 0.6 is 0 Å². The lowest BCUT2D eigenvalue weighted by molar-refractivity contribution is -0.137. The van der Waals surface area contributed by atoms with E-state index in [9.17, 15) is 24.2 Å². The Bertz CT molecular complexity index is 764. The molecule has 7 heteroatoms. The molecule has 0 saturated heterocycles. The topological polar surface area (TPSA) is 99.8 Å². The van der Waals surface area contributed by atoms with E-state index in [4.69, 9.17) is 5.11 Å². The van der Waals surface area contributed by atoms with E-state index in [0.29, 0.717) is 0 Å². The minimum atomic E-state index is -1.29. The predicted molar refractivity (Wildman–Crippen MR) is 71.8 cm³/mol. The van der Waals surface area contributed by atoms with E-state index in [1.807, 2.05) is 0 Å². The number of carboxylic acid groups (broad SMARTS) is 1. The fourth-order valence-corrected chi connectivity index (χ4v) is 2.01. The van der Waals surface area contributed by atoms with Gasteiger partial charge in [0.2, 0.25) is 0 Å². The van der Waals surface area contributed by atoms with Gasteiger partial charge in [-0.25, -0.2) is 4.39 Å². The van der Waals surface area contributed by atoms with E-state index >= 15 is 0 Å². The number of carbonyl (C=O) groups is 1. The number of carboxylic acids is 1. The lowest BCUT2D eigenvalue weighted by Gasteiger charge is -2.15. The van der Waals surface area contributed by atoms with Gasteiger partial charge >= 0.3 is 5.97 Å². The van der Waals surface area contributed by atoms with Crippen LogP contribution in [0, 0.1) is 12.7 Å². The highest BCUT2D eigenvalue weighted by atomic mass is 19.1. The van der Waals surface area contributed by atoms with E-state index in [-0.39, 0.29) is 16.8 Å². The zero-order chi connectivity index (χ0) is 15.7. The smallest absolute Gasteiger partial charge is 0.323 e. The molecule has 3 N–H and O–H groups in total. The third kappa shape index (κ3) is 2.58. The summed E-state index contributed by atoms with van der Waals surface area (Å²) in [5.74, 6) is -3.06. The summed E-state index contributed by atoms with van der Waals surface area (Å²) in [7, 11) is 0. The van der Waals surface area contributed by atoms with E-state index in [0.717, 1.165) is 16.7 Å². The van der Waals surface area contributed by atoms with Crippen LogP contribution < -0.4 is 5.56 Å². The van der Waals surface area contributed by atoms with E-state index in [1.165, 1.54) is 19.1 Å². The summed E-state index contributed by atoms with van der Waals surface area (Å²) in [5, 5.41) is 28.7. The Kier molecular flexibility index (Phi) is 3.66. The molecule has 6 nitrogen and oxygen atoms in total. The van der Waals surface area contributed by atoms with Gasteiger partial charge in [-0.3, -0.25) is 14.2 Å². The molecular formula is C14H12FNO5. The fourth-order valence-electron chi connectivity index (χ4n) is 2.01. The van der Waals surface area contributed by atoms with Crippen LogP contribution in [0.2, 0.25) is 0 Å². The Morgan fingerprint density at radius 1 is 1.19 bits per heavy atom. The lowest BCUT2D eigenvalue weighted by Crippen LogP contribution is -2.27. The Balaban J connectivity index is 2.82. The lowest BCUT2D eigenvalue weighted by atomic mass is 10.1. The SMILES string of the molecule is Cc1c(O)c(O)c(-c2ccc(F)cc2)n(CC(=O)O)c1=O. The molecule has 2 rings (SSSR count). The summed E-state index contributed by atoms with van der Waals surface area (Å²) < 4.78 is 13.8. The molecule has 0 spiro atoms. The normalized spacial score (nSPS) is 10.6. The maximum absolute atomic E-state index is 13.0. The minimum absolute atomic E-state index is 0.167. The molecule has 21 heavy (non-hydrogen) atoms. The number of aromatic hydroxyl groups is 2. The molecule has 0 aliphatic heterocycles. The largest absolute Gasteiger partial charge is 0.504 e. The van der Waals surface area contributed by atoms with Crippen molar-refractivity contribution in [1.82, 2.24) is 4.57 Å². The molecule has 1 aromatic heterocycles. The second-order valence-corrected chi connectivity index (χ2v) is 4.46. The second kappa shape index (κ2) is 5.28. The molecule has 0 amide bonds. The van der Waals surface area contributed by atoms with Crippen molar-refractivity contribution in [1.29, 1.82) is 0 Å². The third-order valence-corrected chi connectivity index (χ3v) is 3.05. The Morgan fingerprint density at radius 2 is 1.76 bits per heavy atom. The van der Waals surface area contributed by atoms with Crippen molar-refractivity contribution in [2.75, 3.05) is 0 Å². The van der Waals surface area contributed by atoms with Crippen LogP contribution in [0.5, 0.6) is 11.5 Å². The van der Waals surface area contributed by atoms with Gasteiger partial charge in [0.25, 0.3) is 5.56 Å². The van der Waals surface area contributed by atoms with E-state index < -0.39 is 35.4 Å². The molecule has 0 aliphatic carbocycles. The molecule has 0 bridgehead atoms. The summed E-state index contributed by atoms with van der Waals surface area (Å²) >= 11 is 0. The van der Waals surface area contributed by atoms with Crippen LogP contribution in [0.15, 0.2) is 29.1 Å². The summed E-state index contributed by atoms with van der Waals surface area (Å²) in [6, 6.07) is 4.75. The molecule has 0 aliphatic rings. The van der Waals surface area contributed by atoms with Gasteiger partial charge in [-0.2, -0.15) is 0 Å². The molecular weight excluding hydrogens is 281 g/mol. The van der Waals surface area contributed by atoms with Gasteiger partial charge in [0, 0.05) is 5.56 Å². The molecule has 1 heterocycles. The summed E-state index contributed by atoms with van der Waals surface area (Å²) in [5.41, 5.74) is -0.875. The van der Waals surface area contributed by atoms with Crippen molar-refractivity contribution < 1.29 is 24.5 Å². The van der Waals surface area contributed by atoms with Crippen LogP contribution in [-0.4, -0.2) is 25.9 Å². The molecule has 0 fully saturated rings. The zero-order valence-electron chi connectivity index (χ0n) is 11.0. The van der Waals surface area contributed by atoms with Crippen LogP contribution in [0.1, 0.15) is 5.56 Å². The highest BCUT2D eigenvalue weighted by Gasteiger charge is 2.21. The number of benzene rings is 1. The van der Waals surface area contributed by atoms with Crippen molar-refractivity contribution >= 4 is 5.97 Å². The first kappa shape index (κ1) is 14.6. The average molecular weight is 293 g/mol. The van der Waals surface area contributed by atoms with Gasteiger partial charge in [0.15, 0.2) is 11.5 Å². The molecule has 0 saturated carbocycles. The molecule has 1 aromatic carbocycles. The average Bonchev–Trinajstić information content (AvgIpc) is 2.44. The number of halogens is 1. The van der Waals surface area contributed by atoms with Gasteiger partial charge in [0.1, 0.15) is 12.4 Å². The highest BCUT2D eigenvalue weighted by Crippen LogP contribution is 2.36. The van der Waals surface area contributed by atoms with E-state index in [2.05, 4.69) is 0 Å². The van der Waals surface area contributed by atoms with Crippen LogP contribution in [-0.2, 0) is 11.3 Å². The maximum atomic E-state index is 13.0. The monoisotopic (exact) mass is 293 g/mol. The molecule has 0 radical (unpaired) electrons. The Hall–Kier alpha value is -2.83. The molecule has 0 unspecified atom stereocenters. The van der Waals surface area contributed by atoms with Crippen molar-refractivity contribution in [3.63, 3.8) is 0 Å². The van der Waals surface area contributed by atoms with Gasteiger partial charge in [-0.1, -0.05) is 0 Å². The molecule has 0 atom stereocenters. The zero-order valence-corrected chi connectivity index (χ0v) is 11.0. The summed E-state index contributed by atoms with van der Waals surface area (Å²) in [6.07, 6.45) is 0. The number of rotatable bonds is 3. The highest BCUT2D eigenvalue weighted by molar-refractivity contribution is 5.74. The molecule has 2 aromatic rings.